The van der Waals surface area contributed by atoms with Crippen molar-refractivity contribution in [3.8, 4) is 0 Å². The van der Waals surface area contributed by atoms with Gasteiger partial charge in [0, 0.05) is 11.5 Å². The first kappa shape index (κ1) is 19.9. The van der Waals surface area contributed by atoms with Gasteiger partial charge < -0.3 is 9.47 Å². The predicted octanol–water partition coefficient (Wildman–Crippen LogP) is 6.93. The van der Waals surface area contributed by atoms with Crippen LogP contribution in [0.15, 0.2) is 18.2 Å². The average molecular weight is 359 g/mol. The van der Waals surface area contributed by atoms with Crippen LogP contribution in [0.25, 0.3) is 0 Å². The molecule has 26 heavy (non-hydrogen) atoms. The number of benzene rings is 1. The van der Waals surface area contributed by atoms with Crippen LogP contribution in [-0.4, -0.2) is 13.2 Å². The highest BCUT2D eigenvalue weighted by molar-refractivity contribution is 5.36. The van der Waals surface area contributed by atoms with Gasteiger partial charge in [0.25, 0.3) is 0 Å². The fraction of sp³-hybridized carbons (Fsp3) is 0.750. The zero-order valence-electron chi connectivity index (χ0n) is 17.0. The summed E-state index contributed by atoms with van der Waals surface area (Å²) in [5.41, 5.74) is 4.33. The van der Waals surface area contributed by atoms with E-state index >= 15 is 0 Å². The Morgan fingerprint density at radius 2 is 1.62 bits per heavy atom. The third-order valence-corrected chi connectivity index (χ3v) is 6.20. The lowest BCUT2D eigenvalue weighted by atomic mass is 9.81. The topological polar surface area (TPSA) is 18.5 Å². The molecule has 0 aromatic heterocycles. The van der Waals surface area contributed by atoms with Crippen molar-refractivity contribution in [2.24, 2.45) is 5.92 Å². The first-order valence-electron chi connectivity index (χ1n) is 11.2. The van der Waals surface area contributed by atoms with Crippen LogP contribution < -0.4 is 0 Å². The molecule has 1 heterocycles. The summed E-state index contributed by atoms with van der Waals surface area (Å²) < 4.78 is 12.4. The number of unbranched alkanes of at least 4 members (excludes halogenated alkanes) is 2. The summed E-state index contributed by atoms with van der Waals surface area (Å²) in [6.07, 6.45) is 14.1. The smallest absolute Gasteiger partial charge is 0.184 e. The Bertz CT molecular complexity index is 525. The van der Waals surface area contributed by atoms with Crippen LogP contribution in [0.2, 0.25) is 0 Å². The van der Waals surface area contributed by atoms with E-state index in [1.165, 1.54) is 87.3 Å². The fourth-order valence-electron chi connectivity index (χ4n) is 4.52. The summed E-state index contributed by atoms with van der Waals surface area (Å²) in [6, 6.07) is 7.11. The maximum Gasteiger partial charge on any atom is 0.184 e. The van der Waals surface area contributed by atoms with E-state index < -0.39 is 0 Å². The van der Waals surface area contributed by atoms with Gasteiger partial charge in [0.15, 0.2) is 6.29 Å². The van der Waals surface area contributed by atoms with Gasteiger partial charge in [0.2, 0.25) is 0 Å². The van der Waals surface area contributed by atoms with Gasteiger partial charge in [0.1, 0.15) is 0 Å². The van der Waals surface area contributed by atoms with E-state index in [4.69, 9.17) is 9.47 Å². The fourth-order valence-corrected chi connectivity index (χ4v) is 4.52. The SMILES string of the molecule is CCCCc1ccc([C@H]2OC[C@H](CCCC)CO2)c(C2CCCCC2)c1. The number of aryl methyl sites for hydroxylation is 1. The Morgan fingerprint density at radius 1 is 0.885 bits per heavy atom. The van der Waals surface area contributed by atoms with Crippen molar-refractivity contribution >= 4 is 0 Å². The van der Waals surface area contributed by atoms with Gasteiger partial charge >= 0.3 is 0 Å². The first-order valence-corrected chi connectivity index (χ1v) is 11.2. The van der Waals surface area contributed by atoms with Gasteiger partial charge in [-0.25, -0.2) is 0 Å². The molecule has 0 spiro atoms. The minimum absolute atomic E-state index is 0.148. The summed E-state index contributed by atoms with van der Waals surface area (Å²) in [4.78, 5) is 0. The lowest BCUT2D eigenvalue weighted by Crippen LogP contribution is -2.28. The number of ether oxygens (including phenoxy) is 2. The second kappa shape index (κ2) is 10.5. The zero-order chi connectivity index (χ0) is 18.2. The predicted molar refractivity (Wildman–Crippen MR) is 109 cm³/mol. The second-order valence-corrected chi connectivity index (χ2v) is 8.41. The van der Waals surface area contributed by atoms with Crippen LogP contribution in [0.5, 0.6) is 0 Å². The van der Waals surface area contributed by atoms with Crippen molar-refractivity contribution in [3.05, 3.63) is 34.9 Å². The molecule has 1 aromatic rings. The van der Waals surface area contributed by atoms with E-state index in [0.717, 1.165) is 13.2 Å². The summed E-state index contributed by atoms with van der Waals surface area (Å²) in [5.74, 6) is 1.28. The molecule has 2 heteroatoms. The van der Waals surface area contributed by atoms with Crippen LogP contribution in [-0.2, 0) is 15.9 Å². The van der Waals surface area contributed by atoms with Crippen LogP contribution in [0.1, 0.15) is 107 Å². The van der Waals surface area contributed by atoms with E-state index in [0.29, 0.717) is 11.8 Å². The largest absolute Gasteiger partial charge is 0.348 e. The monoisotopic (exact) mass is 358 g/mol. The second-order valence-electron chi connectivity index (χ2n) is 8.41. The molecule has 0 N–H and O–H groups in total. The molecule has 0 radical (unpaired) electrons. The van der Waals surface area contributed by atoms with Gasteiger partial charge in [-0.3, -0.25) is 0 Å². The highest BCUT2D eigenvalue weighted by Gasteiger charge is 2.28. The van der Waals surface area contributed by atoms with Gasteiger partial charge in [-0.2, -0.15) is 0 Å². The van der Waals surface area contributed by atoms with Crippen molar-refractivity contribution in [3.63, 3.8) is 0 Å². The van der Waals surface area contributed by atoms with Gasteiger partial charge in [0.05, 0.1) is 13.2 Å². The van der Waals surface area contributed by atoms with Gasteiger partial charge in [-0.1, -0.05) is 70.6 Å². The van der Waals surface area contributed by atoms with Crippen molar-refractivity contribution in [2.45, 2.75) is 96.7 Å². The molecule has 1 aliphatic carbocycles. The van der Waals surface area contributed by atoms with E-state index in [2.05, 4.69) is 32.0 Å². The maximum absolute atomic E-state index is 6.20. The molecule has 1 aliphatic heterocycles. The molecule has 0 amide bonds. The molecular formula is C24H38O2. The van der Waals surface area contributed by atoms with Crippen molar-refractivity contribution in [2.75, 3.05) is 13.2 Å². The van der Waals surface area contributed by atoms with E-state index in [1.807, 2.05) is 0 Å². The van der Waals surface area contributed by atoms with Crippen molar-refractivity contribution in [1.29, 1.82) is 0 Å². The lowest BCUT2D eigenvalue weighted by Gasteiger charge is -2.33. The number of rotatable bonds is 8. The minimum Gasteiger partial charge on any atom is -0.348 e. The molecule has 1 saturated heterocycles. The molecule has 2 aliphatic rings. The molecule has 3 rings (SSSR count). The quantitative estimate of drug-likeness (QED) is 0.501. The van der Waals surface area contributed by atoms with E-state index in [9.17, 15) is 0 Å². The standard InChI is InChI=1S/C24H38O2/c1-3-5-10-19-14-15-22(23(16-19)21-12-8-7-9-13-21)24-25-17-20(18-26-24)11-6-4-2/h14-16,20-21,24H,3-13,17-18H2,1-2H3/t20-,24-. The molecule has 146 valence electrons. The molecule has 0 bridgehead atoms. The number of hydrogen-bond acceptors (Lipinski definition) is 2. The molecule has 0 unspecified atom stereocenters. The normalized spacial score (nSPS) is 24.7. The minimum atomic E-state index is -0.148. The number of hydrogen-bond donors (Lipinski definition) is 0. The summed E-state index contributed by atoms with van der Waals surface area (Å²) in [5, 5.41) is 0. The van der Waals surface area contributed by atoms with E-state index in [1.54, 1.807) is 0 Å². The highest BCUT2D eigenvalue weighted by atomic mass is 16.7. The van der Waals surface area contributed by atoms with Crippen molar-refractivity contribution in [1.82, 2.24) is 0 Å². The summed E-state index contributed by atoms with van der Waals surface area (Å²) in [7, 11) is 0. The van der Waals surface area contributed by atoms with Gasteiger partial charge in [-0.15, -0.1) is 0 Å². The molecule has 0 atom stereocenters. The Hall–Kier alpha value is -0.860. The Morgan fingerprint density at radius 3 is 2.31 bits per heavy atom. The zero-order valence-corrected chi connectivity index (χ0v) is 17.0. The first-order chi connectivity index (χ1) is 12.8. The molecule has 1 aromatic carbocycles. The molecule has 2 fully saturated rings. The molecular weight excluding hydrogens is 320 g/mol. The van der Waals surface area contributed by atoms with E-state index in [-0.39, 0.29) is 6.29 Å². The summed E-state index contributed by atoms with van der Waals surface area (Å²) >= 11 is 0. The summed E-state index contributed by atoms with van der Waals surface area (Å²) in [6.45, 7) is 6.23. The van der Waals surface area contributed by atoms with Crippen LogP contribution in [0, 0.1) is 5.92 Å². The van der Waals surface area contributed by atoms with Crippen molar-refractivity contribution < 1.29 is 9.47 Å². The van der Waals surface area contributed by atoms with Crippen LogP contribution in [0.4, 0.5) is 0 Å². The third-order valence-electron chi connectivity index (χ3n) is 6.20. The lowest BCUT2D eigenvalue weighted by molar-refractivity contribution is -0.206. The Kier molecular flexibility index (Phi) is 8.01. The Labute approximate surface area is 160 Å². The van der Waals surface area contributed by atoms with Crippen LogP contribution >= 0.6 is 0 Å². The average Bonchev–Trinajstić information content (AvgIpc) is 2.71. The molecule has 2 nitrogen and oxygen atoms in total. The van der Waals surface area contributed by atoms with Gasteiger partial charge in [-0.05, 0) is 49.1 Å². The maximum atomic E-state index is 6.20. The highest BCUT2D eigenvalue weighted by Crippen LogP contribution is 2.39. The third kappa shape index (κ3) is 5.33. The Balaban J connectivity index is 1.72. The molecule has 1 saturated carbocycles. The van der Waals surface area contributed by atoms with Crippen LogP contribution in [0.3, 0.4) is 0 Å².